The summed E-state index contributed by atoms with van der Waals surface area (Å²) in [7, 11) is 0. The molecule has 0 unspecified atom stereocenters. The molecule has 0 aliphatic heterocycles. The first-order valence-electron chi connectivity index (χ1n) is 3.16. The average Bonchev–Trinajstić information content (AvgIpc) is 1.63. The van der Waals surface area contributed by atoms with Crippen molar-refractivity contribution < 1.29 is 37.5 Å². The molecule has 10 heavy (non-hydrogen) atoms. The smallest absolute Gasteiger partial charge is 0 e. The van der Waals surface area contributed by atoms with Gasteiger partial charge < -0.3 is 16.6 Å². The van der Waals surface area contributed by atoms with Crippen LogP contribution in [-0.2, 0) is 37.5 Å². The summed E-state index contributed by atoms with van der Waals surface area (Å²) in [5.74, 6) is 2.34. The van der Waals surface area contributed by atoms with Crippen molar-refractivity contribution >= 4 is 5.78 Å². The van der Waals surface area contributed by atoms with Crippen LogP contribution in [0.4, 0.5) is 0 Å². The number of ketones is 1. The molecule has 0 saturated heterocycles. The van der Waals surface area contributed by atoms with E-state index in [2.05, 4.69) is 0 Å². The van der Waals surface area contributed by atoms with E-state index >= 15 is 0 Å². The molecule has 0 heterocycles. The summed E-state index contributed by atoms with van der Waals surface area (Å²) in [5.41, 5.74) is 0. The molecular formula is C8H14OY-2. The van der Waals surface area contributed by atoms with Gasteiger partial charge in [0.25, 0.3) is 0 Å². The molecule has 0 aliphatic rings. The van der Waals surface area contributed by atoms with Gasteiger partial charge >= 0.3 is 0 Å². The van der Waals surface area contributed by atoms with Crippen LogP contribution >= 0.6 is 0 Å². The van der Waals surface area contributed by atoms with Crippen LogP contribution in [0.5, 0.6) is 0 Å². The molecule has 0 fully saturated rings. The van der Waals surface area contributed by atoms with Gasteiger partial charge in [0.2, 0.25) is 0 Å². The van der Waals surface area contributed by atoms with Crippen LogP contribution < -0.4 is 0 Å². The Bertz CT molecular complexity index is 97.4. The van der Waals surface area contributed by atoms with E-state index in [-0.39, 0.29) is 38.5 Å². The molecule has 0 aromatic rings. The van der Waals surface area contributed by atoms with Crippen molar-refractivity contribution in [3.8, 4) is 0 Å². The van der Waals surface area contributed by atoms with Crippen LogP contribution in [0.25, 0.3) is 0 Å². The molecule has 1 radical (unpaired) electrons. The second kappa shape index (κ2) is 6.36. The van der Waals surface area contributed by atoms with Gasteiger partial charge in [-0.1, -0.05) is 0 Å². The number of Topliss-reactive ketones (excluding diaryl/α,β-unsaturated/α-hetero) is 1. The van der Waals surface area contributed by atoms with E-state index in [4.69, 9.17) is 0 Å². The fourth-order valence-electron chi connectivity index (χ4n) is 0.498. The molecule has 0 spiro atoms. The normalized spacial score (nSPS) is 8.90. The Morgan fingerprint density at radius 3 is 1.70 bits per heavy atom. The largest absolute Gasteiger partial charge is 0.337 e. The first kappa shape index (κ1) is 13.2. The minimum Gasteiger partial charge on any atom is -0.337 e. The predicted octanol–water partition coefficient (Wildman–Crippen LogP) is 2.17. The van der Waals surface area contributed by atoms with Crippen molar-refractivity contribution in [3.63, 3.8) is 0 Å². The van der Waals surface area contributed by atoms with E-state index in [1.54, 1.807) is 0 Å². The number of carbonyl (C=O) groups excluding carboxylic acids is 1. The molecule has 2 heteroatoms. The summed E-state index contributed by atoms with van der Waals surface area (Å²) in [6.45, 7) is 7.65. The van der Waals surface area contributed by atoms with E-state index < -0.39 is 0 Å². The van der Waals surface area contributed by atoms with Gasteiger partial charge in [-0.3, -0.25) is 0 Å². The zero-order chi connectivity index (χ0) is 7.44. The molecule has 0 saturated carbocycles. The van der Waals surface area contributed by atoms with Crippen molar-refractivity contribution in [2.75, 3.05) is 0 Å². The van der Waals surface area contributed by atoms with Crippen LogP contribution in [0.2, 0.25) is 0 Å². The summed E-state index contributed by atoms with van der Waals surface area (Å²) >= 11 is 0. The Morgan fingerprint density at radius 2 is 1.60 bits per heavy atom. The third kappa shape index (κ3) is 6.76. The quantitative estimate of drug-likeness (QED) is 0.659. The maximum atomic E-state index is 10.9. The second-order valence-corrected chi connectivity index (χ2v) is 2.81. The molecule has 0 aromatic carbocycles. The monoisotopic (exact) mass is 215 g/mol. The summed E-state index contributed by atoms with van der Waals surface area (Å²) in [4.78, 5) is 10.9. The molecule has 1 nitrogen and oxygen atoms in total. The molecule has 0 bridgehead atoms. The summed E-state index contributed by atoms with van der Waals surface area (Å²) < 4.78 is 0. The first-order chi connectivity index (χ1) is 4.04. The second-order valence-electron chi connectivity index (χ2n) is 2.81. The average molecular weight is 215 g/mol. The maximum Gasteiger partial charge on any atom is 0 e. The Balaban J connectivity index is 0. The van der Waals surface area contributed by atoms with Gasteiger partial charge in [0.05, 0.1) is 0 Å². The predicted molar refractivity (Wildman–Crippen MR) is 38.8 cm³/mol. The van der Waals surface area contributed by atoms with Gasteiger partial charge in [0.1, 0.15) is 0 Å². The zero-order valence-electron chi connectivity index (χ0n) is 7.19. The zero-order valence-corrected chi connectivity index (χ0v) is 10.0. The molecule has 57 valence electrons. The van der Waals surface area contributed by atoms with Gasteiger partial charge in [0.15, 0.2) is 0 Å². The molecule has 0 N–H and O–H groups in total. The summed E-state index contributed by atoms with van der Waals surface area (Å²) in [5, 5.41) is 0. The fourth-order valence-corrected chi connectivity index (χ4v) is 0.498. The number of rotatable bonds is 3. The molecule has 0 rings (SSSR count). The van der Waals surface area contributed by atoms with Gasteiger partial charge in [0, 0.05) is 32.7 Å². The van der Waals surface area contributed by atoms with Crippen LogP contribution in [0.15, 0.2) is 0 Å². The standard InChI is InChI=1S/C8H14O.Y/c1-6(2)5-8(9)7(3)4;/h5H2,1-4H3;/q-2;. The Kier molecular flexibility index (Phi) is 8.43. The summed E-state index contributed by atoms with van der Waals surface area (Å²) in [6.07, 6.45) is 0.613. The molecule has 0 aliphatic carbocycles. The van der Waals surface area contributed by atoms with E-state index in [1.807, 2.05) is 27.7 Å². The van der Waals surface area contributed by atoms with Gasteiger partial charge in [-0.2, -0.15) is 27.7 Å². The van der Waals surface area contributed by atoms with Crippen molar-refractivity contribution in [2.45, 2.75) is 34.1 Å². The fraction of sp³-hybridized carbons (Fsp3) is 0.625. The number of hydrogen-bond acceptors (Lipinski definition) is 1. The molecule has 0 atom stereocenters. The van der Waals surface area contributed by atoms with Crippen LogP contribution in [0.3, 0.4) is 0 Å². The van der Waals surface area contributed by atoms with Crippen molar-refractivity contribution in [1.82, 2.24) is 0 Å². The van der Waals surface area contributed by atoms with Crippen molar-refractivity contribution in [3.05, 3.63) is 11.8 Å². The molecular weight excluding hydrogens is 201 g/mol. The Labute approximate surface area is 88.8 Å². The van der Waals surface area contributed by atoms with Crippen LogP contribution in [0.1, 0.15) is 34.1 Å². The van der Waals surface area contributed by atoms with Gasteiger partial charge in [-0.15, -0.1) is 6.42 Å². The maximum absolute atomic E-state index is 10.9. The molecule has 0 aromatic heterocycles. The van der Waals surface area contributed by atoms with Gasteiger partial charge in [-0.25, -0.2) is 0 Å². The van der Waals surface area contributed by atoms with Crippen molar-refractivity contribution in [1.29, 1.82) is 0 Å². The topological polar surface area (TPSA) is 17.1 Å². The van der Waals surface area contributed by atoms with Crippen LogP contribution in [-0.4, -0.2) is 5.78 Å². The van der Waals surface area contributed by atoms with Crippen molar-refractivity contribution in [2.24, 2.45) is 0 Å². The van der Waals surface area contributed by atoms with E-state index in [0.29, 0.717) is 6.42 Å². The minimum absolute atomic E-state index is 0. The third-order valence-corrected chi connectivity index (χ3v) is 1.07. The van der Waals surface area contributed by atoms with Gasteiger partial charge in [-0.05, 0) is 5.78 Å². The van der Waals surface area contributed by atoms with Crippen LogP contribution in [0, 0.1) is 11.8 Å². The summed E-state index contributed by atoms with van der Waals surface area (Å²) in [6, 6.07) is 0. The first-order valence-corrected chi connectivity index (χ1v) is 3.16. The van der Waals surface area contributed by atoms with E-state index in [1.165, 1.54) is 5.92 Å². The minimum atomic E-state index is 0. The number of carbonyl (C=O) groups is 1. The van der Waals surface area contributed by atoms with E-state index in [0.717, 1.165) is 5.92 Å². The van der Waals surface area contributed by atoms with E-state index in [9.17, 15) is 4.79 Å². The number of hydrogen-bond donors (Lipinski definition) is 0. The SMILES string of the molecule is C[C-](C)CC(=O)[C-](C)C.[Y]. The third-order valence-electron chi connectivity index (χ3n) is 1.07. The Morgan fingerprint density at radius 1 is 1.20 bits per heavy atom. The molecule has 0 amide bonds. The Hall–Kier alpha value is 0.644.